The highest BCUT2D eigenvalue weighted by Gasteiger charge is 2.25. The predicted molar refractivity (Wildman–Crippen MR) is 120 cm³/mol. The lowest BCUT2D eigenvalue weighted by Gasteiger charge is -2.31. The topological polar surface area (TPSA) is 53.9 Å². The van der Waals surface area contributed by atoms with Gasteiger partial charge >= 0.3 is 5.69 Å². The first-order valence-corrected chi connectivity index (χ1v) is 10.7. The third-order valence-corrected chi connectivity index (χ3v) is 6.12. The minimum atomic E-state index is -0.210. The van der Waals surface area contributed by atoms with E-state index in [1.807, 2.05) is 12.1 Å². The Labute approximate surface area is 179 Å². The molecule has 3 aromatic carbocycles. The van der Waals surface area contributed by atoms with Crippen molar-refractivity contribution in [3.05, 3.63) is 93.6 Å². The number of hydrogen-bond donors (Lipinski definition) is 1. The van der Waals surface area contributed by atoms with E-state index in [1.54, 1.807) is 12.1 Å². The lowest BCUT2D eigenvalue weighted by Crippen LogP contribution is -2.34. The van der Waals surface area contributed by atoms with Gasteiger partial charge in [0.15, 0.2) is 0 Å². The van der Waals surface area contributed by atoms with Crippen molar-refractivity contribution in [3.63, 3.8) is 0 Å². The Morgan fingerprint density at radius 2 is 1.83 bits per heavy atom. The third-order valence-electron chi connectivity index (χ3n) is 5.87. The van der Waals surface area contributed by atoms with Crippen LogP contribution in [0.5, 0.6) is 0 Å². The van der Waals surface area contributed by atoms with Gasteiger partial charge in [-0.3, -0.25) is 9.88 Å². The first-order valence-electron chi connectivity index (χ1n) is 10.3. The normalized spacial score (nSPS) is 17.4. The van der Waals surface area contributed by atoms with E-state index in [-0.39, 0.29) is 11.6 Å². The summed E-state index contributed by atoms with van der Waals surface area (Å²) in [5.41, 5.74) is 1.85. The molecule has 0 bridgehead atoms. The van der Waals surface area contributed by atoms with Crippen LogP contribution in [-0.4, -0.2) is 32.8 Å². The van der Waals surface area contributed by atoms with E-state index >= 15 is 0 Å². The fourth-order valence-corrected chi connectivity index (χ4v) is 4.50. The summed E-state index contributed by atoms with van der Waals surface area (Å²) in [6.45, 7) is 2.85. The molecule has 0 saturated carbocycles. The molecule has 1 fully saturated rings. The van der Waals surface area contributed by atoms with Gasteiger partial charge < -0.3 is 0 Å². The quantitative estimate of drug-likeness (QED) is 0.520. The predicted octanol–water partition coefficient (Wildman–Crippen LogP) is 4.75. The van der Waals surface area contributed by atoms with Gasteiger partial charge in [-0.2, -0.15) is 4.68 Å². The Bertz CT molecular complexity index is 1220. The molecule has 152 valence electrons. The number of nitrogens with one attached hydrogen (secondary N) is 1. The number of rotatable bonds is 4. The highest BCUT2D eigenvalue weighted by atomic mass is 35.5. The van der Waals surface area contributed by atoms with Crippen LogP contribution in [0.3, 0.4) is 0 Å². The molecule has 0 spiro atoms. The highest BCUT2D eigenvalue weighted by Crippen LogP contribution is 2.27. The van der Waals surface area contributed by atoms with Gasteiger partial charge in [-0.15, -0.1) is 5.10 Å². The summed E-state index contributed by atoms with van der Waals surface area (Å²) in [6.07, 6.45) is 2.12. The van der Waals surface area contributed by atoms with Crippen LogP contribution in [0.15, 0.2) is 71.5 Å². The molecule has 0 radical (unpaired) electrons. The number of fused-ring (bicyclic) bond motifs is 1. The number of likely N-dealkylation sites (tertiary alicyclic amines) is 1. The van der Waals surface area contributed by atoms with E-state index in [0.29, 0.717) is 5.02 Å². The molecule has 1 atom stereocenters. The number of aromatic nitrogens is 3. The molecule has 1 N–H and O–H groups in total. The molecule has 4 aromatic rings. The van der Waals surface area contributed by atoms with Gasteiger partial charge in [0.1, 0.15) is 5.82 Å². The summed E-state index contributed by atoms with van der Waals surface area (Å²) in [6, 6.07) is 22.2. The number of aromatic amines is 1. The molecule has 1 aromatic heterocycles. The Morgan fingerprint density at radius 1 is 1.03 bits per heavy atom. The summed E-state index contributed by atoms with van der Waals surface area (Å²) in [5.74, 6) is 0.979. The minimum Gasteiger partial charge on any atom is -0.298 e. The molecule has 0 aliphatic carbocycles. The van der Waals surface area contributed by atoms with E-state index in [9.17, 15) is 4.79 Å². The van der Waals surface area contributed by atoms with Crippen molar-refractivity contribution >= 4 is 22.4 Å². The monoisotopic (exact) mass is 418 g/mol. The number of benzene rings is 3. The molecule has 0 amide bonds. The van der Waals surface area contributed by atoms with Gasteiger partial charge in [0.25, 0.3) is 0 Å². The average molecular weight is 419 g/mol. The van der Waals surface area contributed by atoms with Crippen LogP contribution >= 0.6 is 11.6 Å². The molecule has 6 heteroatoms. The molecule has 1 aliphatic rings. The van der Waals surface area contributed by atoms with Crippen molar-refractivity contribution in [1.82, 2.24) is 19.7 Å². The Morgan fingerprint density at radius 3 is 2.70 bits per heavy atom. The molecule has 1 unspecified atom stereocenters. The van der Waals surface area contributed by atoms with Crippen molar-refractivity contribution in [2.45, 2.75) is 25.3 Å². The SMILES string of the molecule is O=c1[nH]c(C2CCCN(Cc3cccc4ccccc34)C2)nn1-c1ccc(Cl)cc1. The van der Waals surface area contributed by atoms with Gasteiger partial charge in [-0.05, 0) is 60.0 Å². The number of H-pyrrole nitrogens is 1. The molecular formula is C24H23ClN4O. The van der Waals surface area contributed by atoms with Crippen LogP contribution in [0.4, 0.5) is 0 Å². The molecule has 2 heterocycles. The van der Waals surface area contributed by atoms with Crippen LogP contribution in [0.2, 0.25) is 5.02 Å². The van der Waals surface area contributed by atoms with Gasteiger partial charge in [-0.25, -0.2) is 4.79 Å². The maximum absolute atomic E-state index is 12.5. The van der Waals surface area contributed by atoms with Crippen molar-refractivity contribution in [2.24, 2.45) is 0 Å². The van der Waals surface area contributed by atoms with Crippen LogP contribution in [0, 0.1) is 0 Å². The summed E-state index contributed by atoms with van der Waals surface area (Å²) < 4.78 is 1.43. The van der Waals surface area contributed by atoms with Crippen LogP contribution in [0.1, 0.15) is 30.1 Å². The number of halogens is 1. The van der Waals surface area contributed by atoms with Gasteiger partial charge in [0, 0.05) is 24.0 Å². The van der Waals surface area contributed by atoms with Crippen LogP contribution in [-0.2, 0) is 6.54 Å². The summed E-state index contributed by atoms with van der Waals surface area (Å²) >= 11 is 5.96. The maximum atomic E-state index is 12.5. The first-order chi connectivity index (χ1) is 14.7. The van der Waals surface area contributed by atoms with Crippen LogP contribution in [0.25, 0.3) is 16.5 Å². The zero-order valence-electron chi connectivity index (χ0n) is 16.6. The standard InChI is InChI=1S/C24H23ClN4O/c25-20-10-12-21(13-11-20)29-24(30)26-23(27-29)19-8-4-14-28(16-19)15-18-7-3-6-17-5-1-2-9-22(17)18/h1-3,5-7,9-13,19H,4,8,14-16H2,(H,26,27,30). The smallest absolute Gasteiger partial charge is 0.298 e. The van der Waals surface area contributed by atoms with E-state index in [1.165, 1.54) is 21.0 Å². The molecular weight excluding hydrogens is 396 g/mol. The van der Waals surface area contributed by atoms with E-state index < -0.39 is 0 Å². The van der Waals surface area contributed by atoms with Gasteiger partial charge in [0.2, 0.25) is 0 Å². The molecule has 30 heavy (non-hydrogen) atoms. The maximum Gasteiger partial charge on any atom is 0.348 e. The molecule has 1 aliphatic heterocycles. The number of piperidine rings is 1. The molecule has 5 rings (SSSR count). The number of hydrogen-bond acceptors (Lipinski definition) is 3. The van der Waals surface area contributed by atoms with Crippen LogP contribution < -0.4 is 5.69 Å². The summed E-state index contributed by atoms with van der Waals surface area (Å²) in [4.78, 5) is 17.9. The van der Waals surface area contributed by atoms with Crippen molar-refractivity contribution < 1.29 is 0 Å². The Kier molecular flexibility index (Phi) is 5.15. The van der Waals surface area contributed by atoms with Gasteiger partial charge in [-0.1, -0.05) is 54.1 Å². The first kappa shape index (κ1) is 19.1. The fraction of sp³-hybridized carbons (Fsp3) is 0.250. The van der Waals surface area contributed by atoms with Crippen molar-refractivity contribution in [1.29, 1.82) is 0 Å². The zero-order chi connectivity index (χ0) is 20.5. The minimum absolute atomic E-state index is 0.210. The fourth-order valence-electron chi connectivity index (χ4n) is 4.38. The number of nitrogens with zero attached hydrogens (tertiary/aromatic N) is 3. The largest absolute Gasteiger partial charge is 0.348 e. The molecule has 5 nitrogen and oxygen atoms in total. The second-order valence-corrected chi connectivity index (χ2v) is 8.35. The lowest BCUT2D eigenvalue weighted by molar-refractivity contribution is 0.197. The van der Waals surface area contributed by atoms with E-state index in [0.717, 1.165) is 44.0 Å². The second kappa shape index (κ2) is 8.09. The van der Waals surface area contributed by atoms with E-state index in [2.05, 4.69) is 57.4 Å². The summed E-state index contributed by atoms with van der Waals surface area (Å²) in [7, 11) is 0. The van der Waals surface area contributed by atoms with Crippen molar-refractivity contribution in [2.75, 3.05) is 13.1 Å². The third kappa shape index (κ3) is 3.78. The zero-order valence-corrected chi connectivity index (χ0v) is 17.3. The summed E-state index contributed by atoms with van der Waals surface area (Å²) in [5, 5.41) is 7.82. The average Bonchev–Trinajstić information content (AvgIpc) is 3.16. The second-order valence-electron chi connectivity index (χ2n) is 7.92. The van der Waals surface area contributed by atoms with Crippen molar-refractivity contribution in [3.8, 4) is 5.69 Å². The van der Waals surface area contributed by atoms with Gasteiger partial charge in [0.05, 0.1) is 5.69 Å². The lowest BCUT2D eigenvalue weighted by atomic mass is 9.96. The Balaban J connectivity index is 1.36. The van der Waals surface area contributed by atoms with E-state index in [4.69, 9.17) is 11.6 Å². The highest BCUT2D eigenvalue weighted by molar-refractivity contribution is 6.30. The Hall–Kier alpha value is -2.89. The molecule has 1 saturated heterocycles.